The van der Waals surface area contributed by atoms with E-state index < -0.39 is 0 Å². The second-order valence-electron chi connectivity index (χ2n) is 6.33. The van der Waals surface area contributed by atoms with Gasteiger partial charge in [0.25, 0.3) is 5.91 Å². The number of anilines is 2. The topological polar surface area (TPSA) is 113 Å². The van der Waals surface area contributed by atoms with Crippen molar-refractivity contribution in [2.45, 2.75) is 25.3 Å². The molecule has 0 aromatic carbocycles. The number of hydrogen-bond donors (Lipinski definition) is 3. The zero-order valence-corrected chi connectivity index (χ0v) is 15.0. The van der Waals surface area contributed by atoms with Gasteiger partial charge < -0.3 is 10.6 Å². The highest BCUT2D eigenvalue weighted by atomic mass is 32.1. The summed E-state index contributed by atoms with van der Waals surface area (Å²) in [5.74, 6) is 2.17. The maximum Gasteiger partial charge on any atom is 0.280 e. The molecule has 0 aliphatic heterocycles. The Morgan fingerprint density at radius 3 is 3.11 bits per heavy atom. The van der Waals surface area contributed by atoms with Crippen molar-refractivity contribution in [3.8, 4) is 0 Å². The standard InChI is InChI=1S/C17H16N8OS/c26-15(16-18-5-7-27-16)19-9-13-20-14-2-1-6-25(14)17(22-13)21-12-8-11(23-24-12)10-3-4-10/h1-2,5-8,10H,3-4,9H2,(H,19,26)(H2,20,21,22,23,24). The Balaban J connectivity index is 1.37. The van der Waals surface area contributed by atoms with Gasteiger partial charge in [0.05, 0.1) is 6.54 Å². The number of carbonyl (C=O) groups is 1. The van der Waals surface area contributed by atoms with Gasteiger partial charge in [-0.05, 0) is 25.0 Å². The number of carbonyl (C=O) groups excluding carboxylic acids is 1. The lowest BCUT2D eigenvalue weighted by Crippen LogP contribution is -2.24. The number of aromatic amines is 1. The number of aromatic nitrogens is 6. The van der Waals surface area contributed by atoms with Crippen LogP contribution in [0.25, 0.3) is 5.65 Å². The quantitative estimate of drug-likeness (QED) is 0.474. The number of H-pyrrole nitrogens is 1. The lowest BCUT2D eigenvalue weighted by Gasteiger charge is -2.09. The third kappa shape index (κ3) is 3.26. The van der Waals surface area contributed by atoms with Crippen LogP contribution in [0.2, 0.25) is 0 Å². The molecule has 27 heavy (non-hydrogen) atoms. The van der Waals surface area contributed by atoms with Gasteiger partial charge in [-0.15, -0.1) is 11.3 Å². The Kier molecular flexibility index (Phi) is 3.82. The lowest BCUT2D eigenvalue weighted by atomic mass is 10.3. The number of fused-ring (bicyclic) bond motifs is 1. The number of thiazole rings is 1. The monoisotopic (exact) mass is 380 g/mol. The summed E-state index contributed by atoms with van der Waals surface area (Å²) in [6, 6.07) is 5.80. The summed E-state index contributed by atoms with van der Waals surface area (Å²) in [6.07, 6.45) is 5.90. The third-order valence-corrected chi connectivity index (χ3v) is 5.09. The Hall–Kier alpha value is -3.27. The van der Waals surface area contributed by atoms with Crippen molar-refractivity contribution in [2.75, 3.05) is 5.32 Å². The fraction of sp³-hybridized carbons (Fsp3) is 0.235. The van der Waals surface area contributed by atoms with Crippen molar-refractivity contribution < 1.29 is 4.79 Å². The first-order chi connectivity index (χ1) is 13.3. The summed E-state index contributed by atoms with van der Waals surface area (Å²) < 4.78 is 1.84. The zero-order valence-electron chi connectivity index (χ0n) is 14.2. The molecule has 3 N–H and O–H groups in total. The molecular formula is C17H16N8OS. The van der Waals surface area contributed by atoms with Gasteiger partial charge in [0.15, 0.2) is 16.6 Å². The van der Waals surface area contributed by atoms with E-state index in [9.17, 15) is 4.79 Å². The van der Waals surface area contributed by atoms with Gasteiger partial charge >= 0.3 is 0 Å². The van der Waals surface area contributed by atoms with Crippen LogP contribution < -0.4 is 10.6 Å². The van der Waals surface area contributed by atoms with E-state index in [-0.39, 0.29) is 12.5 Å². The van der Waals surface area contributed by atoms with E-state index in [1.54, 1.807) is 11.6 Å². The number of rotatable bonds is 6. The molecule has 0 spiro atoms. The number of amides is 1. The molecule has 5 rings (SSSR count). The highest BCUT2D eigenvalue weighted by molar-refractivity contribution is 7.11. The van der Waals surface area contributed by atoms with Crippen molar-refractivity contribution in [2.24, 2.45) is 0 Å². The van der Waals surface area contributed by atoms with Crippen molar-refractivity contribution >= 4 is 34.7 Å². The van der Waals surface area contributed by atoms with Gasteiger partial charge in [0, 0.05) is 35.5 Å². The molecule has 9 nitrogen and oxygen atoms in total. The van der Waals surface area contributed by atoms with Crippen LogP contribution in [0, 0.1) is 0 Å². The smallest absolute Gasteiger partial charge is 0.280 e. The predicted molar refractivity (Wildman–Crippen MR) is 100 cm³/mol. The maximum atomic E-state index is 12.1. The molecule has 136 valence electrons. The van der Waals surface area contributed by atoms with Gasteiger partial charge in [-0.25, -0.2) is 9.97 Å². The van der Waals surface area contributed by atoms with Crippen LogP contribution in [0.3, 0.4) is 0 Å². The first-order valence-corrected chi connectivity index (χ1v) is 9.48. The molecule has 0 radical (unpaired) electrons. The molecule has 0 unspecified atom stereocenters. The summed E-state index contributed by atoms with van der Waals surface area (Å²) in [5, 5.41) is 15.6. The summed E-state index contributed by atoms with van der Waals surface area (Å²) >= 11 is 1.29. The largest absolute Gasteiger partial charge is 0.343 e. The Labute approximate surface area is 157 Å². The Morgan fingerprint density at radius 1 is 1.37 bits per heavy atom. The van der Waals surface area contributed by atoms with Gasteiger partial charge in [0.1, 0.15) is 5.65 Å². The normalized spacial score (nSPS) is 13.8. The highest BCUT2D eigenvalue weighted by Crippen LogP contribution is 2.39. The molecular weight excluding hydrogens is 364 g/mol. The van der Waals surface area contributed by atoms with Crippen LogP contribution in [0.15, 0.2) is 36.0 Å². The summed E-state index contributed by atoms with van der Waals surface area (Å²) in [4.78, 5) is 25.1. The van der Waals surface area contributed by atoms with E-state index in [1.165, 1.54) is 24.2 Å². The molecule has 4 heterocycles. The molecule has 0 saturated heterocycles. The molecule has 10 heteroatoms. The lowest BCUT2D eigenvalue weighted by molar-refractivity contribution is 0.0949. The number of hydrogen-bond acceptors (Lipinski definition) is 7. The van der Waals surface area contributed by atoms with E-state index in [4.69, 9.17) is 0 Å². The minimum absolute atomic E-state index is 0.211. The van der Waals surface area contributed by atoms with Crippen LogP contribution in [0.5, 0.6) is 0 Å². The molecule has 1 amide bonds. The molecule has 1 saturated carbocycles. The van der Waals surface area contributed by atoms with E-state index in [0.717, 1.165) is 11.3 Å². The SMILES string of the molecule is O=C(NCc1nc(Nc2cc(C3CC3)[nH]n2)n2cccc2n1)c1nccs1. The molecule has 4 aromatic rings. The second-order valence-corrected chi connectivity index (χ2v) is 7.22. The van der Waals surface area contributed by atoms with Crippen LogP contribution in [-0.4, -0.2) is 35.5 Å². The van der Waals surface area contributed by atoms with E-state index in [2.05, 4.69) is 35.8 Å². The number of nitrogens with zero attached hydrogens (tertiary/aromatic N) is 5. The predicted octanol–water partition coefficient (Wildman–Crippen LogP) is 2.46. The van der Waals surface area contributed by atoms with Gasteiger partial charge in [-0.3, -0.25) is 14.3 Å². The molecule has 4 aromatic heterocycles. The van der Waals surface area contributed by atoms with Gasteiger partial charge in [0.2, 0.25) is 5.95 Å². The fourth-order valence-electron chi connectivity index (χ4n) is 2.83. The average molecular weight is 380 g/mol. The maximum absolute atomic E-state index is 12.1. The first-order valence-electron chi connectivity index (χ1n) is 8.60. The fourth-order valence-corrected chi connectivity index (χ4v) is 3.38. The molecule has 1 aliphatic carbocycles. The molecule has 0 atom stereocenters. The van der Waals surface area contributed by atoms with Crippen LogP contribution >= 0.6 is 11.3 Å². The summed E-state index contributed by atoms with van der Waals surface area (Å²) in [5.41, 5.74) is 1.88. The second kappa shape index (κ2) is 6.47. The Bertz CT molecular complexity index is 1100. The molecule has 0 bridgehead atoms. The third-order valence-electron chi connectivity index (χ3n) is 4.32. The van der Waals surface area contributed by atoms with E-state index in [0.29, 0.717) is 28.5 Å². The van der Waals surface area contributed by atoms with Crippen molar-refractivity contribution in [1.82, 2.24) is 34.9 Å². The molecule has 1 fully saturated rings. The minimum atomic E-state index is -0.236. The van der Waals surface area contributed by atoms with Crippen molar-refractivity contribution in [3.63, 3.8) is 0 Å². The average Bonchev–Trinajstić information content (AvgIpc) is 3.10. The molecule has 1 aliphatic rings. The zero-order chi connectivity index (χ0) is 18.2. The van der Waals surface area contributed by atoms with Crippen LogP contribution in [-0.2, 0) is 6.54 Å². The first kappa shape index (κ1) is 15.9. The highest BCUT2D eigenvalue weighted by Gasteiger charge is 2.25. The van der Waals surface area contributed by atoms with Gasteiger partial charge in [-0.2, -0.15) is 10.1 Å². The summed E-state index contributed by atoms with van der Waals surface area (Å²) in [7, 11) is 0. The Morgan fingerprint density at radius 2 is 2.30 bits per heavy atom. The van der Waals surface area contributed by atoms with Crippen molar-refractivity contribution in [3.05, 3.63) is 52.5 Å². The van der Waals surface area contributed by atoms with Crippen LogP contribution in [0.1, 0.15) is 40.1 Å². The van der Waals surface area contributed by atoms with E-state index in [1.807, 2.05) is 28.8 Å². The minimum Gasteiger partial charge on any atom is -0.343 e. The number of nitrogens with one attached hydrogen (secondary N) is 3. The van der Waals surface area contributed by atoms with Gasteiger partial charge in [-0.1, -0.05) is 0 Å². The van der Waals surface area contributed by atoms with E-state index >= 15 is 0 Å². The summed E-state index contributed by atoms with van der Waals surface area (Å²) in [6.45, 7) is 0.211. The van der Waals surface area contributed by atoms with Crippen molar-refractivity contribution in [1.29, 1.82) is 0 Å². The van der Waals surface area contributed by atoms with Crippen LogP contribution in [0.4, 0.5) is 11.8 Å².